The van der Waals surface area contributed by atoms with Crippen LogP contribution in [-0.2, 0) is 4.74 Å². The normalized spacial score (nSPS) is 13.2. The quantitative estimate of drug-likeness (QED) is 0.607. The third kappa shape index (κ3) is 3.24. The molecule has 0 aliphatic carbocycles. The Morgan fingerprint density at radius 3 is 2.88 bits per heavy atom. The van der Waals surface area contributed by atoms with E-state index >= 15 is 0 Å². The Hall–Kier alpha value is -1.97. The third-order valence-electron chi connectivity index (χ3n) is 2.33. The number of rotatable bonds is 6. The molecule has 4 nitrogen and oxygen atoms in total. The van der Waals surface area contributed by atoms with Crippen molar-refractivity contribution < 1.29 is 4.74 Å². The molecule has 17 heavy (non-hydrogen) atoms. The molecule has 1 unspecified atom stereocenters. The molecule has 1 aromatic rings. The van der Waals surface area contributed by atoms with Crippen molar-refractivity contribution in [2.24, 2.45) is 0 Å². The van der Waals surface area contributed by atoms with Gasteiger partial charge in [0.15, 0.2) is 0 Å². The van der Waals surface area contributed by atoms with Gasteiger partial charge in [-0.15, -0.1) is 0 Å². The van der Waals surface area contributed by atoms with E-state index in [-0.39, 0.29) is 6.04 Å². The van der Waals surface area contributed by atoms with E-state index in [4.69, 9.17) is 10.5 Å². The van der Waals surface area contributed by atoms with E-state index in [9.17, 15) is 0 Å². The molecule has 1 atom stereocenters. The molecule has 4 heteroatoms. The zero-order valence-electron chi connectivity index (χ0n) is 10.4. The maximum atomic E-state index is 5.67. The van der Waals surface area contributed by atoms with Crippen LogP contribution in [0.1, 0.15) is 19.9 Å². The maximum Gasteiger partial charge on any atom is 0.129 e. The van der Waals surface area contributed by atoms with Crippen molar-refractivity contribution in [2.75, 3.05) is 12.3 Å². The highest BCUT2D eigenvalue weighted by Gasteiger charge is 2.18. The van der Waals surface area contributed by atoms with E-state index in [1.54, 1.807) is 23.2 Å². The van der Waals surface area contributed by atoms with E-state index in [1.807, 2.05) is 19.9 Å². The monoisotopic (exact) mass is 233 g/mol. The number of nitrogens with two attached hydrogens (primary N) is 1. The van der Waals surface area contributed by atoms with Gasteiger partial charge in [0.05, 0.1) is 18.5 Å². The molecular formula is C13H19N3O. The number of aromatic nitrogens is 2. The van der Waals surface area contributed by atoms with Gasteiger partial charge < -0.3 is 10.5 Å². The maximum absolute atomic E-state index is 5.67. The molecule has 0 saturated carbocycles. The molecule has 0 amide bonds. The summed E-state index contributed by atoms with van der Waals surface area (Å²) in [4.78, 5) is 0. The predicted octanol–water partition coefficient (Wildman–Crippen LogP) is 2.69. The second kappa shape index (κ2) is 5.94. The Morgan fingerprint density at radius 2 is 2.41 bits per heavy atom. The zero-order valence-corrected chi connectivity index (χ0v) is 10.4. The van der Waals surface area contributed by atoms with Crippen LogP contribution in [0.5, 0.6) is 0 Å². The number of hydrogen-bond acceptors (Lipinski definition) is 3. The lowest BCUT2D eigenvalue weighted by molar-refractivity contribution is 0.198. The summed E-state index contributed by atoms with van der Waals surface area (Å²) in [7, 11) is 0. The Kier molecular flexibility index (Phi) is 4.57. The highest BCUT2D eigenvalue weighted by molar-refractivity contribution is 5.32. The Labute approximate surface area is 102 Å². The second-order valence-corrected chi connectivity index (χ2v) is 3.70. The van der Waals surface area contributed by atoms with Gasteiger partial charge in [0.25, 0.3) is 0 Å². The van der Waals surface area contributed by atoms with Crippen molar-refractivity contribution in [3.8, 4) is 0 Å². The molecule has 0 radical (unpaired) electrons. The predicted molar refractivity (Wildman–Crippen MR) is 70.4 cm³/mol. The molecule has 2 N–H and O–H groups in total. The molecule has 0 spiro atoms. The summed E-state index contributed by atoms with van der Waals surface area (Å²) >= 11 is 0. The van der Waals surface area contributed by atoms with Gasteiger partial charge in [-0.1, -0.05) is 25.3 Å². The van der Waals surface area contributed by atoms with Gasteiger partial charge in [0, 0.05) is 6.20 Å². The van der Waals surface area contributed by atoms with Crippen LogP contribution in [0.3, 0.4) is 0 Å². The van der Waals surface area contributed by atoms with Crippen molar-refractivity contribution in [1.82, 2.24) is 9.78 Å². The van der Waals surface area contributed by atoms with Gasteiger partial charge in [0.1, 0.15) is 11.8 Å². The molecule has 1 heterocycles. The SMILES string of the molecule is C=CC=C(C)C(C(=C)OCC)n1cc(N)cn1. The molecule has 0 bridgehead atoms. The molecular weight excluding hydrogens is 214 g/mol. The van der Waals surface area contributed by atoms with Crippen molar-refractivity contribution >= 4 is 5.69 Å². The van der Waals surface area contributed by atoms with E-state index < -0.39 is 0 Å². The van der Waals surface area contributed by atoms with Gasteiger partial charge in [-0.3, -0.25) is 4.68 Å². The molecule has 92 valence electrons. The number of nitrogens with zero attached hydrogens (tertiary/aromatic N) is 2. The van der Waals surface area contributed by atoms with Crippen LogP contribution in [0.2, 0.25) is 0 Å². The van der Waals surface area contributed by atoms with E-state index in [1.165, 1.54) is 0 Å². The standard InChI is InChI=1S/C13H19N3O/c1-5-7-10(3)13(11(4)17-6-2)16-9-12(14)8-15-16/h5,7-9,13H,1,4,6,14H2,2-3H3. The van der Waals surface area contributed by atoms with Crippen LogP contribution >= 0.6 is 0 Å². The summed E-state index contributed by atoms with van der Waals surface area (Å²) in [5, 5.41) is 4.20. The lowest BCUT2D eigenvalue weighted by atomic mass is 10.1. The van der Waals surface area contributed by atoms with E-state index in [0.717, 1.165) is 5.57 Å². The fourth-order valence-electron chi connectivity index (χ4n) is 1.65. The molecule has 1 aromatic heterocycles. The first-order valence-corrected chi connectivity index (χ1v) is 5.50. The summed E-state index contributed by atoms with van der Waals surface area (Å²) in [6.07, 6.45) is 7.00. The number of ether oxygens (including phenoxy) is 1. The molecule has 0 saturated heterocycles. The molecule has 0 fully saturated rings. The lowest BCUT2D eigenvalue weighted by Gasteiger charge is -2.20. The Bertz CT molecular complexity index is 432. The van der Waals surface area contributed by atoms with Gasteiger partial charge in [-0.25, -0.2) is 0 Å². The minimum Gasteiger partial charge on any atom is -0.496 e. The van der Waals surface area contributed by atoms with Crippen LogP contribution in [-0.4, -0.2) is 16.4 Å². The first-order valence-electron chi connectivity index (χ1n) is 5.50. The van der Waals surface area contributed by atoms with Crippen LogP contribution in [0.25, 0.3) is 0 Å². The lowest BCUT2D eigenvalue weighted by Crippen LogP contribution is -2.15. The zero-order chi connectivity index (χ0) is 12.8. The van der Waals surface area contributed by atoms with Crippen LogP contribution in [0.4, 0.5) is 5.69 Å². The van der Waals surface area contributed by atoms with Gasteiger partial charge in [-0.2, -0.15) is 5.10 Å². The summed E-state index contributed by atoms with van der Waals surface area (Å²) in [5.74, 6) is 0.645. The number of allylic oxidation sites excluding steroid dienone is 3. The summed E-state index contributed by atoms with van der Waals surface area (Å²) in [5.41, 5.74) is 7.33. The topological polar surface area (TPSA) is 53.1 Å². The first kappa shape index (κ1) is 13.1. The third-order valence-corrected chi connectivity index (χ3v) is 2.33. The molecule has 0 aliphatic heterocycles. The highest BCUT2D eigenvalue weighted by Crippen LogP contribution is 2.25. The Balaban J connectivity index is 3.06. The van der Waals surface area contributed by atoms with Crippen LogP contribution in [0.15, 0.2) is 49.0 Å². The summed E-state index contributed by atoms with van der Waals surface area (Å²) in [6.45, 7) is 12.1. The molecule has 1 rings (SSSR count). The largest absolute Gasteiger partial charge is 0.496 e. The smallest absolute Gasteiger partial charge is 0.129 e. The van der Waals surface area contributed by atoms with Crippen LogP contribution in [0, 0.1) is 0 Å². The number of nitrogen functional groups attached to an aromatic ring is 1. The van der Waals surface area contributed by atoms with Crippen molar-refractivity contribution in [3.05, 3.63) is 49.0 Å². The van der Waals surface area contributed by atoms with Gasteiger partial charge in [-0.05, 0) is 19.4 Å². The average Bonchev–Trinajstić information content (AvgIpc) is 2.66. The first-order chi connectivity index (χ1) is 8.10. The van der Waals surface area contributed by atoms with E-state index in [0.29, 0.717) is 18.1 Å². The number of hydrogen-bond donors (Lipinski definition) is 1. The average molecular weight is 233 g/mol. The minimum absolute atomic E-state index is 0.148. The minimum atomic E-state index is -0.148. The van der Waals surface area contributed by atoms with Crippen molar-refractivity contribution in [3.63, 3.8) is 0 Å². The van der Waals surface area contributed by atoms with Gasteiger partial charge in [0.2, 0.25) is 0 Å². The highest BCUT2D eigenvalue weighted by atomic mass is 16.5. The molecule has 0 aliphatic rings. The van der Waals surface area contributed by atoms with Crippen LogP contribution < -0.4 is 5.73 Å². The van der Waals surface area contributed by atoms with Crippen molar-refractivity contribution in [1.29, 1.82) is 0 Å². The van der Waals surface area contributed by atoms with Crippen molar-refractivity contribution in [2.45, 2.75) is 19.9 Å². The molecule has 0 aromatic carbocycles. The fourth-order valence-corrected chi connectivity index (χ4v) is 1.65. The summed E-state index contributed by atoms with van der Waals surface area (Å²) in [6, 6.07) is -0.148. The van der Waals surface area contributed by atoms with Gasteiger partial charge >= 0.3 is 0 Å². The number of anilines is 1. The Morgan fingerprint density at radius 1 is 1.71 bits per heavy atom. The van der Waals surface area contributed by atoms with E-state index in [2.05, 4.69) is 18.3 Å². The second-order valence-electron chi connectivity index (χ2n) is 3.70. The fraction of sp³-hybridized carbons (Fsp3) is 0.308. The summed E-state index contributed by atoms with van der Waals surface area (Å²) < 4.78 is 7.20.